The van der Waals surface area contributed by atoms with Crippen LogP contribution in [0, 0.1) is 0 Å². The van der Waals surface area contributed by atoms with Gasteiger partial charge in [-0.15, -0.1) is 0 Å². The predicted octanol–water partition coefficient (Wildman–Crippen LogP) is 3.88. The summed E-state index contributed by atoms with van der Waals surface area (Å²) in [5, 5.41) is 3.40. The SMILES string of the molecule is CCOC(=O)Nc1ccc2c(CN(C)CCOc3ccccc3OC)cc(=O)oc2c1. The third kappa shape index (κ3) is 5.99. The molecule has 3 rings (SSSR count). The molecule has 0 unspecified atom stereocenters. The van der Waals surface area contributed by atoms with Gasteiger partial charge in [0.25, 0.3) is 0 Å². The third-order valence-electron chi connectivity index (χ3n) is 4.59. The number of rotatable bonds is 9. The fourth-order valence-corrected chi connectivity index (χ4v) is 3.14. The Labute approximate surface area is 180 Å². The first kappa shape index (κ1) is 22.2. The Hall–Kier alpha value is -3.52. The Morgan fingerprint density at radius 1 is 1.13 bits per heavy atom. The highest BCUT2D eigenvalue weighted by molar-refractivity contribution is 5.89. The van der Waals surface area contributed by atoms with E-state index in [1.165, 1.54) is 6.07 Å². The number of benzene rings is 2. The first-order chi connectivity index (χ1) is 15.0. The first-order valence-corrected chi connectivity index (χ1v) is 9.95. The van der Waals surface area contributed by atoms with Crippen molar-refractivity contribution in [3.8, 4) is 11.5 Å². The molecule has 1 N–H and O–H groups in total. The molecule has 0 atom stereocenters. The highest BCUT2D eigenvalue weighted by atomic mass is 16.5. The summed E-state index contributed by atoms with van der Waals surface area (Å²) in [5.41, 5.74) is 1.27. The van der Waals surface area contributed by atoms with Crippen molar-refractivity contribution < 1.29 is 23.4 Å². The number of fused-ring (bicyclic) bond motifs is 1. The van der Waals surface area contributed by atoms with Gasteiger partial charge in [-0.05, 0) is 43.8 Å². The van der Waals surface area contributed by atoms with Gasteiger partial charge in [0.15, 0.2) is 11.5 Å². The Bertz CT molecular complexity index is 1090. The number of ether oxygens (including phenoxy) is 3. The molecule has 0 radical (unpaired) electrons. The van der Waals surface area contributed by atoms with Crippen molar-refractivity contribution >= 4 is 22.7 Å². The first-order valence-electron chi connectivity index (χ1n) is 9.95. The second-order valence-corrected chi connectivity index (χ2v) is 6.88. The molecular formula is C23H26N2O6. The monoisotopic (exact) mass is 426 g/mol. The molecular weight excluding hydrogens is 400 g/mol. The average molecular weight is 426 g/mol. The molecule has 8 heteroatoms. The molecule has 8 nitrogen and oxygen atoms in total. The minimum Gasteiger partial charge on any atom is -0.493 e. The Kier molecular flexibility index (Phi) is 7.50. The number of nitrogens with one attached hydrogen (secondary N) is 1. The molecule has 3 aromatic rings. The summed E-state index contributed by atoms with van der Waals surface area (Å²) in [7, 11) is 3.55. The largest absolute Gasteiger partial charge is 0.493 e. The number of anilines is 1. The van der Waals surface area contributed by atoms with Gasteiger partial charge in [-0.1, -0.05) is 12.1 Å². The maximum Gasteiger partial charge on any atom is 0.411 e. The molecule has 0 aliphatic rings. The number of amides is 1. The van der Waals surface area contributed by atoms with Crippen LogP contribution >= 0.6 is 0 Å². The van der Waals surface area contributed by atoms with Gasteiger partial charge in [-0.25, -0.2) is 9.59 Å². The fourth-order valence-electron chi connectivity index (χ4n) is 3.14. The summed E-state index contributed by atoms with van der Waals surface area (Å²) in [4.78, 5) is 25.7. The molecule has 1 aromatic heterocycles. The molecule has 0 aliphatic carbocycles. The lowest BCUT2D eigenvalue weighted by atomic mass is 10.1. The maximum absolute atomic E-state index is 12.1. The van der Waals surface area contributed by atoms with E-state index in [1.54, 1.807) is 26.2 Å². The standard InChI is InChI=1S/C23H26N2O6/c1-4-29-23(27)24-17-9-10-18-16(13-22(26)31-21(18)14-17)15-25(2)11-12-30-20-8-6-5-7-19(20)28-3/h5-10,13-14H,4,11-12,15H2,1-3H3,(H,24,27). The molecule has 2 aromatic carbocycles. The van der Waals surface area contributed by atoms with Crippen molar-refractivity contribution in [2.24, 2.45) is 0 Å². The normalized spacial score (nSPS) is 10.8. The summed E-state index contributed by atoms with van der Waals surface area (Å²) in [6, 6.07) is 14.1. The molecule has 0 saturated heterocycles. The lowest BCUT2D eigenvalue weighted by Crippen LogP contribution is -2.24. The van der Waals surface area contributed by atoms with Crippen LogP contribution in [0.5, 0.6) is 11.5 Å². The van der Waals surface area contributed by atoms with Crippen molar-refractivity contribution in [2.75, 3.05) is 39.2 Å². The van der Waals surface area contributed by atoms with Gasteiger partial charge in [0, 0.05) is 36.3 Å². The molecule has 0 bridgehead atoms. The Morgan fingerprint density at radius 3 is 2.65 bits per heavy atom. The minimum atomic E-state index is -0.560. The van der Waals surface area contributed by atoms with E-state index in [2.05, 4.69) is 10.2 Å². The van der Waals surface area contributed by atoms with Crippen LogP contribution in [0.1, 0.15) is 12.5 Å². The average Bonchev–Trinajstić information content (AvgIpc) is 2.74. The zero-order valence-corrected chi connectivity index (χ0v) is 17.8. The van der Waals surface area contributed by atoms with Crippen LogP contribution in [-0.4, -0.2) is 44.9 Å². The van der Waals surface area contributed by atoms with Crippen molar-refractivity contribution in [1.29, 1.82) is 0 Å². The summed E-state index contributed by atoms with van der Waals surface area (Å²) in [6.07, 6.45) is -0.560. The van der Waals surface area contributed by atoms with E-state index in [1.807, 2.05) is 37.4 Å². The predicted molar refractivity (Wildman–Crippen MR) is 118 cm³/mol. The second kappa shape index (κ2) is 10.5. The van der Waals surface area contributed by atoms with Crippen molar-refractivity contribution in [1.82, 2.24) is 4.90 Å². The summed E-state index contributed by atoms with van der Waals surface area (Å²) in [5.74, 6) is 1.37. The molecule has 1 heterocycles. The number of methoxy groups -OCH3 is 1. The number of carbonyl (C=O) groups excluding carboxylic acids is 1. The van der Waals surface area contributed by atoms with Crippen LogP contribution in [0.25, 0.3) is 11.0 Å². The zero-order valence-electron chi connectivity index (χ0n) is 17.8. The maximum atomic E-state index is 12.1. The van der Waals surface area contributed by atoms with Gasteiger partial charge in [0.2, 0.25) is 0 Å². The van der Waals surface area contributed by atoms with Gasteiger partial charge in [-0.3, -0.25) is 10.2 Å². The van der Waals surface area contributed by atoms with E-state index in [9.17, 15) is 9.59 Å². The summed E-state index contributed by atoms with van der Waals surface area (Å²) in [6.45, 7) is 3.63. The highest BCUT2D eigenvalue weighted by Crippen LogP contribution is 2.26. The summed E-state index contributed by atoms with van der Waals surface area (Å²) < 4.78 is 21.3. The van der Waals surface area contributed by atoms with Crippen molar-refractivity contribution in [2.45, 2.75) is 13.5 Å². The Morgan fingerprint density at radius 2 is 1.90 bits per heavy atom. The van der Waals surface area contributed by atoms with E-state index in [-0.39, 0.29) is 6.61 Å². The van der Waals surface area contributed by atoms with E-state index in [0.717, 1.165) is 10.9 Å². The van der Waals surface area contributed by atoms with Gasteiger partial charge in [0.05, 0.1) is 13.7 Å². The van der Waals surface area contributed by atoms with E-state index in [4.69, 9.17) is 18.6 Å². The summed E-state index contributed by atoms with van der Waals surface area (Å²) >= 11 is 0. The Balaban J connectivity index is 1.67. The molecule has 164 valence electrons. The topological polar surface area (TPSA) is 90.2 Å². The zero-order chi connectivity index (χ0) is 22.2. The van der Waals surface area contributed by atoms with Crippen LogP contribution in [0.2, 0.25) is 0 Å². The number of para-hydroxylation sites is 2. The molecule has 0 aliphatic heterocycles. The van der Waals surface area contributed by atoms with Gasteiger partial charge < -0.3 is 18.6 Å². The number of likely N-dealkylation sites (N-methyl/N-ethyl adjacent to an activating group) is 1. The quantitative estimate of drug-likeness (QED) is 0.519. The number of hydrogen-bond acceptors (Lipinski definition) is 7. The van der Waals surface area contributed by atoms with Crippen molar-refractivity contribution in [3.63, 3.8) is 0 Å². The van der Waals surface area contributed by atoms with Crippen LogP contribution in [0.3, 0.4) is 0 Å². The molecule has 0 spiro atoms. The van der Waals surface area contributed by atoms with Gasteiger partial charge >= 0.3 is 11.7 Å². The molecule has 0 saturated carbocycles. The third-order valence-corrected chi connectivity index (χ3v) is 4.59. The van der Waals surface area contributed by atoms with Gasteiger partial charge in [0.1, 0.15) is 12.2 Å². The van der Waals surface area contributed by atoms with E-state index >= 15 is 0 Å². The van der Waals surface area contributed by atoms with Crippen LogP contribution in [-0.2, 0) is 11.3 Å². The molecule has 1 amide bonds. The van der Waals surface area contributed by atoms with Crippen molar-refractivity contribution in [3.05, 3.63) is 64.5 Å². The molecule has 31 heavy (non-hydrogen) atoms. The number of nitrogens with zero attached hydrogens (tertiary/aromatic N) is 1. The lowest BCUT2D eigenvalue weighted by molar-refractivity contribution is 0.168. The fraction of sp³-hybridized carbons (Fsp3) is 0.304. The highest BCUT2D eigenvalue weighted by Gasteiger charge is 2.11. The number of carbonyl (C=O) groups is 1. The minimum absolute atomic E-state index is 0.270. The van der Waals surface area contributed by atoms with Crippen LogP contribution in [0.4, 0.5) is 10.5 Å². The van der Waals surface area contributed by atoms with Crippen LogP contribution in [0.15, 0.2) is 57.7 Å². The second-order valence-electron chi connectivity index (χ2n) is 6.88. The van der Waals surface area contributed by atoms with Crippen LogP contribution < -0.4 is 20.4 Å². The van der Waals surface area contributed by atoms with E-state index < -0.39 is 11.7 Å². The molecule has 0 fully saturated rings. The van der Waals surface area contributed by atoms with E-state index in [0.29, 0.717) is 42.5 Å². The lowest BCUT2D eigenvalue weighted by Gasteiger charge is -2.18. The smallest absolute Gasteiger partial charge is 0.411 e. The number of hydrogen-bond donors (Lipinski definition) is 1. The van der Waals surface area contributed by atoms with Gasteiger partial charge in [-0.2, -0.15) is 0 Å².